The van der Waals surface area contributed by atoms with Crippen LogP contribution >= 0.6 is 11.6 Å². The molecule has 2 aromatic carbocycles. The third-order valence-electron chi connectivity index (χ3n) is 4.22. The zero-order valence-corrected chi connectivity index (χ0v) is 17.7. The van der Waals surface area contributed by atoms with Crippen molar-refractivity contribution in [3.05, 3.63) is 64.7 Å². The number of esters is 1. The van der Waals surface area contributed by atoms with Crippen LogP contribution in [0, 0.1) is 0 Å². The van der Waals surface area contributed by atoms with E-state index in [9.17, 15) is 14.4 Å². The molecule has 0 aliphatic heterocycles. The second kappa shape index (κ2) is 9.56. The van der Waals surface area contributed by atoms with Crippen LogP contribution in [0.2, 0.25) is 5.02 Å². The second-order valence-electron chi connectivity index (χ2n) is 7.61. The van der Waals surface area contributed by atoms with Gasteiger partial charge in [0.1, 0.15) is 6.54 Å². The van der Waals surface area contributed by atoms with E-state index in [0.717, 1.165) is 5.56 Å². The lowest BCUT2D eigenvalue weighted by Gasteiger charge is -2.19. The highest BCUT2D eigenvalue weighted by Crippen LogP contribution is 2.22. The van der Waals surface area contributed by atoms with Gasteiger partial charge in [-0.25, -0.2) is 0 Å². The maximum absolute atomic E-state index is 12.2. The zero-order chi connectivity index (χ0) is 21.6. The fraction of sp³-hybridized carbons (Fsp3) is 0.318. The van der Waals surface area contributed by atoms with Gasteiger partial charge in [0, 0.05) is 5.56 Å². The van der Waals surface area contributed by atoms with E-state index in [1.807, 2.05) is 12.1 Å². The van der Waals surface area contributed by atoms with Gasteiger partial charge in [0.15, 0.2) is 6.10 Å². The molecule has 0 heterocycles. The normalized spacial score (nSPS) is 12.0. The van der Waals surface area contributed by atoms with Gasteiger partial charge in [-0.2, -0.15) is 0 Å². The van der Waals surface area contributed by atoms with E-state index < -0.39 is 23.9 Å². The standard InChI is InChI=1S/C22H25ClN2O4/c1-14(20(27)25-18-8-6-5-7-17(18)23)29-19(26)13-24-21(28)15-9-11-16(12-10-15)22(2,3)4/h5-12,14H,13H2,1-4H3,(H,24,28)(H,25,27)/t14-/m1/s1. The van der Waals surface area contributed by atoms with Crippen molar-refractivity contribution >= 4 is 35.1 Å². The molecule has 0 saturated carbocycles. The Labute approximate surface area is 175 Å². The minimum atomic E-state index is -1.04. The first-order valence-electron chi connectivity index (χ1n) is 9.21. The van der Waals surface area contributed by atoms with Crippen molar-refractivity contribution in [2.24, 2.45) is 0 Å². The van der Waals surface area contributed by atoms with Gasteiger partial charge in [0.2, 0.25) is 0 Å². The summed E-state index contributed by atoms with van der Waals surface area (Å²) in [7, 11) is 0. The molecule has 0 bridgehead atoms. The number of anilines is 1. The van der Waals surface area contributed by atoms with E-state index in [1.54, 1.807) is 36.4 Å². The smallest absolute Gasteiger partial charge is 0.326 e. The number of hydrogen-bond acceptors (Lipinski definition) is 4. The van der Waals surface area contributed by atoms with Gasteiger partial charge in [-0.05, 0) is 42.2 Å². The van der Waals surface area contributed by atoms with Gasteiger partial charge < -0.3 is 15.4 Å². The average Bonchev–Trinajstić information content (AvgIpc) is 2.67. The fourth-order valence-corrected chi connectivity index (χ4v) is 2.65. The van der Waals surface area contributed by atoms with E-state index >= 15 is 0 Å². The lowest BCUT2D eigenvalue weighted by molar-refractivity contribution is -0.152. The SMILES string of the molecule is C[C@@H](OC(=O)CNC(=O)c1ccc(C(C)(C)C)cc1)C(=O)Nc1ccccc1Cl. The van der Waals surface area contributed by atoms with Crippen LogP contribution in [0.5, 0.6) is 0 Å². The Hall–Kier alpha value is -2.86. The van der Waals surface area contributed by atoms with Crippen molar-refractivity contribution in [1.82, 2.24) is 5.32 Å². The summed E-state index contributed by atoms with van der Waals surface area (Å²) in [5.41, 5.74) is 1.95. The molecule has 1 atom stereocenters. The molecule has 2 aromatic rings. The predicted molar refractivity (Wildman–Crippen MR) is 113 cm³/mol. The quantitative estimate of drug-likeness (QED) is 0.698. The monoisotopic (exact) mass is 416 g/mol. The number of benzene rings is 2. The lowest BCUT2D eigenvalue weighted by atomic mass is 9.87. The number of carbonyl (C=O) groups is 3. The predicted octanol–water partition coefficient (Wildman–Crippen LogP) is 3.94. The highest BCUT2D eigenvalue weighted by atomic mass is 35.5. The molecular weight excluding hydrogens is 392 g/mol. The topological polar surface area (TPSA) is 84.5 Å². The van der Waals surface area contributed by atoms with Crippen LogP contribution in [0.15, 0.2) is 48.5 Å². The van der Waals surface area contributed by atoms with Gasteiger partial charge in [0.05, 0.1) is 10.7 Å². The minimum absolute atomic E-state index is 0.0144. The third kappa shape index (κ3) is 6.61. The first kappa shape index (κ1) is 22.4. The molecule has 2 rings (SSSR count). The summed E-state index contributed by atoms with van der Waals surface area (Å²) in [4.78, 5) is 36.3. The fourth-order valence-electron chi connectivity index (χ4n) is 2.47. The Balaban J connectivity index is 1.83. The van der Waals surface area contributed by atoms with E-state index in [-0.39, 0.29) is 12.0 Å². The molecule has 0 aliphatic rings. The summed E-state index contributed by atoms with van der Waals surface area (Å²) in [5, 5.41) is 5.46. The van der Waals surface area contributed by atoms with Crippen molar-refractivity contribution in [3.8, 4) is 0 Å². The number of halogens is 1. The van der Waals surface area contributed by atoms with Crippen molar-refractivity contribution in [3.63, 3.8) is 0 Å². The third-order valence-corrected chi connectivity index (χ3v) is 4.55. The number of carbonyl (C=O) groups excluding carboxylic acids is 3. The molecule has 7 heteroatoms. The van der Waals surface area contributed by atoms with Crippen LogP contribution in [0.3, 0.4) is 0 Å². The van der Waals surface area contributed by atoms with E-state index in [1.165, 1.54) is 6.92 Å². The maximum Gasteiger partial charge on any atom is 0.326 e. The van der Waals surface area contributed by atoms with Gasteiger partial charge in [-0.15, -0.1) is 0 Å². The van der Waals surface area contributed by atoms with Crippen molar-refractivity contribution in [2.45, 2.75) is 39.2 Å². The van der Waals surface area contributed by atoms with Gasteiger partial charge in [0.25, 0.3) is 11.8 Å². The Bertz CT molecular complexity index is 888. The number of para-hydroxylation sites is 1. The first-order chi connectivity index (χ1) is 13.6. The van der Waals surface area contributed by atoms with Crippen LogP contribution in [0.1, 0.15) is 43.6 Å². The molecule has 0 aliphatic carbocycles. The molecule has 0 fully saturated rings. The van der Waals surface area contributed by atoms with Crippen LogP contribution in [-0.2, 0) is 19.7 Å². The molecule has 0 spiro atoms. The first-order valence-corrected chi connectivity index (χ1v) is 9.59. The highest BCUT2D eigenvalue weighted by molar-refractivity contribution is 6.33. The summed E-state index contributed by atoms with van der Waals surface area (Å²) in [6.07, 6.45) is -1.04. The van der Waals surface area contributed by atoms with Crippen molar-refractivity contribution in [2.75, 3.05) is 11.9 Å². The molecule has 0 radical (unpaired) electrons. The maximum atomic E-state index is 12.2. The Morgan fingerprint density at radius 2 is 1.66 bits per heavy atom. The molecule has 6 nitrogen and oxygen atoms in total. The summed E-state index contributed by atoms with van der Waals surface area (Å²) in [6.45, 7) is 7.35. The van der Waals surface area contributed by atoms with Crippen molar-refractivity contribution < 1.29 is 19.1 Å². The second-order valence-corrected chi connectivity index (χ2v) is 8.02. The molecule has 0 saturated heterocycles. The van der Waals surface area contributed by atoms with Gasteiger partial charge in [-0.3, -0.25) is 14.4 Å². The number of nitrogens with one attached hydrogen (secondary N) is 2. The van der Waals surface area contributed by atoms with Crippen LogP contribution < -0.4 is 10.6 Å². The number of rotatable bonds is 6. The van der Waals surface area contributed by atoms with E-state index in [0.29, 0.717) is 16.3 Å². The van der Waals surface area contributed by atoms with Gasteiger partial charge >= 0.3 is 5.97 Å². The van der Waals surface area contributed by atoms with Crippen LogP contribution in [-0.4, -0.2) is 30.4 Å². The molecule has 2 N–H and O–H groups in total. The minimum Gasteiger partial charge on any atom is -0.451 e. The Kier molecular flexibility index (Phi) is 7.40. The molecule has 29 heavy (non-hydrogen) atoms. The van der Waals surface area contributed by atoms with Crippen LogP contribution in [0.25, 0.3) is 0 Å². The number of hydrogen-bond donors (Lipinski definition) is 2. The lowest BCUT2D eigenvalue weighted by Crippen LogP contribution is -2.35. The summed E-state index contributed by atoms with van der Waals surface area (Å²) in [6, 6.07) is 13.9. The molecule has 154 valence electrons. The summed E-state index contributed by atoms with van der Waals surface area (Å²) >= 11 is 5.99. The zero-order valence-electron chi connectivity index (χ0n) is 16.9. The molecular formula is C22H25ClN2O4. The Morgan fingerprint density at radius 3 is 2.24 bits per heavy atom. The van der Waals surface area contributed by atoms with Crippen molar-refractivity contribution in [1.29, 1.82) is 0 Å². The Morgan fingerprint density at radius 1 is 1.03 bits per heavy atom. The van der Waals surface area contributed by atoms with E-state index in [4.69, 9.17) is 16.3 Å². The van der Waals surface area contributed by atoms with Crippen LogP contribution in [0.4, 0.5) is 5.69 Å². The molecule has 0 unspecified atom stereocenters. The number of ether oxygens (including phenoxy) is 1. The molecule has 0 aromatic heterocycles. The average molecular weight is 417 g/mol. The molecule has 2 amide bonds. The summed E-state index contributed by atoms with van der Waals surface area (Å²) < 4.78 is 5.07. The van der Waals surface area contributed by atoms with Gasteiger partial charge in [-0.1, -0.05) is 56.6 Å². The van der Waals surface area contributed by atoms with E-state index in [2.05, 4.69) is 31.4 Å². The summed E-state index contributed by atoms with van der Waals surface area (Å²) in [5.74, 6) is -1.63. The highest BCUT2D eigenvalue weighted by Gasteiger charge is 2.19. The number of amides is 2. The largest absolute Gasteiger partial charge is 0.451 e.